The van der Waals surface area contributed by atoms with Crippen LogP contribution in [0.5, 0.6) is 0 Å². The van der Waals surface area contributed by atoms with Gasteiger partial charge < -0.3 is 82.8 Å². The molecule has 4 fully saturated rings. The molecular weight excluding hydrogens is 1930 g/mol. The van der Waals surface area contributed by atoms with Crippen LogP contribution in [0.4, 0.5) is 14.4 Å². The molecule has 11 atom stereocenters. The second-order valence-corrected chi connectivity index (χ2v) is 35.2. The van der Waals surface area contributed by atoms with Gasteiger partial charge in [-0.2, -0.15) is 61.0 Å². The van der Waals surface area contributed by atoms with Crippen LogP contribution in [0.2, 0.25) is 0 Å². The number of hydrogen-bond acceptors (Lipinski definition) is 23. The van der Waals surface area contributed by atoms with E-state index in [2.05, 4.69) is 105 Å². The van der Waals surface area contributed by atoms with Crippen LogP contribution in [0.1, 0.15) is 260 Å². The predicted molar refractivity (Wildman–Crippen MR) is 498 cm³/mol. The number of benzene rings is 4. The molecule has 36 heteroatoms. The lowest BCUT2D eigenvalue weighted by Crippen LogP contribution is -3.00. The fraction of sp³-hybridized carbons (Fsp3) is 0.526. The third-order valence-electron chi connectivity index (χ3n) is 21.3. The first kappa shape index (κ1) is 125. The van der Waals surface area contributed by atoms with Crippen LogP contribution in [0.3, 0.4) is 0 Å². The second kappa shape index (κ2) is 68.2. The normalized spacial score (nSPS) is 16.6. The maximum Gasteiger partial charge on any atom is 0.414 e. The number of rotatable bonds is 23. The first-order chi connectivity index (χ1) is 61.6. The Morgan fingerprint density at radius 1 is 0.429 bits per heavy atom. The van der Waals surface area contributed by atoms with E-state index in [1.807, 2.05) is 90.1 Å². The van der Waals surface area contributed by atoms with Crippen molar-refractivity contribution in [3.63, 3.8) is 0 Å². The number of nitrogens with one attached hydrogen (secondary N) is 2. The Labute approximate surface area is 826 Å². The molecule has 30 nitrogen and oxygen atoms in total. The summed E-state index contributed by atoms with van der Waals surface area (Å²) in [6, 6.07) is 46.2. The number of nitrogens with zero attached hydrogens (tertiary/aromatic N) is 5. The molecule has 4 aromatic carbocycles. The molecule has 10 rings (SSSR count). The summed E-state index contributed by atoms with van der Waals surface area (Å²) in [5.41, 5.74) is 3.70. The lowest BCUT2D eigenvalue weighted by molar-refractivity contribution is -0.727. The third kappa shape index (κ3) is 49.3. The Bertz CT molecular complexity index is 4460. The topological polar surface area (TPSA) is 390 Å². The van der Waals surface area contributed by atoms with Crippen molar-refractivity contribution in [2.45, 2.75) is 290 Å². The van der Waals surface area contributed by atoms with Crippen molar-refractivity contribution < 1.29 is 143 Å². The van der Waals surface area contributed by atoms with Crippen molar-refractivity contribution in [3.8, 4) is 0 Å². The molecule has 6 aromatic rings. The number of esters is 2. The number of aliphatic hydroxyl groups is 1. The number of alkyl halides is 2. The zero-order chi connectivity index (χ0) is 97.5. The minimum atomic E-state index is -1.23. The van der Waals surface area contributed by atoms with Gasteiger partial charge in [0.2, 0.25) is 5.24 Å². The zero-order valence-electron chi connectivity index (χ0n) is 78.5. The summed E-state index contributed by atoms with van der Waals surface area (Å²) in [5.74, 6) is -0.0602. The highest BCUT2D eigenvalue weighted by Crippen LogP contribution is 2.37. The first-order valence-corrected chi connectivity index (χ1v) is 44.8. The van der Waals surface area contributed by atoms with Crippen molar-refractivity contribution >= 4 is 133 Å². The number of hydrogen-bond donors (Lipinski definition) is 3. The molecule has 1 aliphatic carbocycles. The van der Waals surface area contributed by atoms with Crippen molar-refractivity contribution in [1.82, 2.24) is 25.3 Å². The first-order valence-electron chi connectivity index (χ1n) is 43.3. The molecule has 0 radical (unpaired) electrons. The standard InChI is InChI=1S/C33H47N3O6.C29H39N3O6.C15H20ClNO2.C14H20.C2H2Cl2O.4CO2.ClH.HI.H2S/c1-23(25-15-10-9-11-16-25)27-18-12-13-20-36(27)31(39)40-22-35-19-14-17-26(21-35)29(37)34-28(24(2)41-32(3,4)5)30(38)42-33(6,7)8;1-20(22-12-7-6-8-13-22)24-15-9-10-17-32(24)28(36)37-19-31-16-11-14-23(18-31)26(34)30-25(21(2)33)27(35)38-29(3,4)5;1-12(13-7-3-2-4-8-13)14-9-5-6-10-17(14)15(18)19-11-16;1-12(13-8-4-2-5-9-13)14-10-6-3-7-11-14;3-1-2(4)5;4*2-1-3;;;/h9-11,14-17,19,21,23-24,27-28H,12-13,18,20,22H2,1-8H3;6-8,11-14,16,18,20-21,24-25,33H,9-10,15,17,19H2,1-5H3;2-4,7-8,12,14H,5-6,9-11H2,1H3;2,4-5,8-9,12,14H,3,6-7,10-11H2,1H3;1H2;;;;;2*1H;1H2/p+1/t23-,24-,27-,28+;20-,21?,24-,25+;12-,14-;12-;;;;;;;;/m1111......../s1. The molecule has 0 bridgehead atoms. The minimum absolute atomic E-state index is 0. The van der Waals surface area contributed by atoms with Crippen LogP contribution in [-0.4, -0.2) is 182 Å². The predicted octanol–water partition coefficient (Wildman–Crippen LogP) is 13.5. The maximum atomic E-state index is 13.3. The average Bonchev–Trinajstić information content (AvgIpc) is 0.826. The van der Waals surface area contributed by atoms with E-state index in [1.165, 1.54) is 67.5 Å². The highest BCUT2D eigenvalue weighted by Gasteiger charge is 2.39. The molecule has 133 heavy (non-hydrogen) atoms. The summed E-state index contributed by atoms with van der Waals surface area (Å²) in [4.78, 5) is 170. The quantitative estimate of drug-likeness (QED) is 0.0134. The van der Waals surface area contributed by atoms with Crippen LogP contribution in [-0.2, 0) is 94.6 Å². The van der Waals surface area contributed by atoms with E-state index in [4.69, 9.17) is 102 Å². The summed E-state index contributed by atoms with van der Waals surface area (Å²) < 4.78 is 36.4. The molecule has 5 amide bonds. The number of halogens is 5. The monoisotopic (exact) mass is 2060 g/mol. The molecule has 734 valence electrons. The maximum absolute atomic E-state index is 13.3. The average molecular weight is 2070 g/mol. The largest absolute Gasteiger partial charge is 1.00 e. The Balaban J connectivity index is 0. The van der Waals surface area contributed by atoms with Gasteiger partial charge >= 0.3 is 54.8 Å². The molecule has 1 unspecified atom stereocenters. The number of carbonyl (C=O) groups excluding carboxylic acids is 16. The number of amides is 5. The Morgan fingerprint density at radius 3 is 1.00 bits per heavy atom. The number of ether oxygens (including phenoxy) is 6. The number of carbonyl (C=O) groups is 8. The van der Waals surface area contributed by atoms with Gasteiger partial charge in [0.25, 0.3) is 25.3 Å². The van der Waals surface area contributed by atoms with Gasteiger partial charge in [-0.1, -0.05) is 180 Å². The molecule has 3 saturated heterocycles. The number of piperidine rings is 3. The Kier molecular flexibility index (Phi) is 64.3. The van der Waals surface area contributed by atoms with Gasteiger partial charge in [0.1, 0.15) is 22.3 Å². The van der Waals surface area contributed by atoms with E-state index in [-0.39, 0.29) is 154 Å². The lowest BCUT2D eigenvalue weighted by atomic mass is 9.78. The van der Waals surface area contributed by atoms with Gasteiger partial charge in [0.15, 0.2) is 42.9 Å². The molecular formula is C97H133Cl4IN7O23S+. The summed E-state index contributed by atoms with van der Waals surface area (Å²) in [6.07, 6.45) is 21.0. The van der Waals surface area contributed by atoms with Crippen molar-refractivity contribution in [2.24, 2.45) is 5.92 Å². The van der Waals surface area contributed by atoms with Gasteiger partial charge in [-0.05, 0) is 205 Å². The van der Waals surface area contributed by atoms with Gasteiger partial charge in [-0.15, -0.1) is 24.0 Å². The van der Waals surface area contributed by atoms with Crippen molar-refractivity contribution in [1.29, 1.82) is 0 Å². The molecule has 3 aliphatic heterocycles. The van der Waals surface area contributed by atoms with Crippen LogP contribution in [0, 0.1) is 5.92 Å². The smallest absolute Gasteiger partial charge is 0.414 e. The van der Waals surface area contributed by atoms with Crippen molar-refractivity contribution in [3.05, 3.63) is 204 Å². The Morgan fingerprint density at radius 2 is 0.714 bits per heavy atom. The highest BCUT2D eigenvalue weighted by atomic mass is 127. The van der Waals surface area contributed by atoms with Crippen LogP contribution in [0.25, 0.3) is 0 Å². The molecule has 4 aliphatic rings. The molecule has 3 N–H and O–H groups in total. The van der Waals surface area contributed by atoms with Gasteiger partial charge in [0.05, 0.1) is 23.7 Å². The molecule has 1 saturated carbocycles. The SMILES string of the molecule is CC(O)[C@H](NC(=O)c1ccc[n+](COC(=O)N2CCCC[C@@H]2[C@H](C)c2ccccc2)c1)C(=O)OC(C)(C)C.C[C@H](c1ccccc1)C1CCCCC1.C[C@H](c1ccccc1)[C@H]1CCCCN1C(=O)OCCl.C[C@H](c1ccccc1)[C@H]1CCCCN1C(=O)OC[n+]1cccc(C(=O)N[C@H](C(=O)OC(C)(C)C)[C@@H](C)OC(C)(C)C)c1.Cl.O=C(Cl)CCl.O=C=O.O=C=O.O=C=O.O=C=O.S.[I-]. The van der Waals surface area contributed by atoms with Crippen LogP contribution >= 0.6 is 60.7 Å². The number of likely N-dealkylation sites (tertiary alicyclic amines) is 3. The molecule has 0 spiro atoms. The van der Waals surface area contributed by atoms with E-state index in [1.54, 1.807) is 100 Å². The molecule has 5 heterocycles. The fourth-order valence-corrected chi connectivity index (χ4v) is 15.4. The highest BCUT2D eigenvalue weighted by molar-refractivity contribution is 7.59. The van der Waals surface area contributed by atoms with Crippen LogP contribution < -0.4 is 43.7 Å². The number of pyridine rings is 2. The zero-order valence-corrected chi connectivity index (χ0v) is 84.8. The number of aliphatic hydroxyl groups excluding tert-OH is 1. The van der Waals surface area contributed by atoms with Gasteiger partial charge in [-0.25, -0.2) is 24.0 Å². The molecule has 2 aromatic heterocycles. The van der Waals surface area contributed by atoms with E-state index in [0.717, 1.165) is 76.2 Å². The minimum Gasteiger partial charge on any atom is -1.00 e. The van der Waals surface area contributed by atoms with Crippen LogP contribution in [0.15, 0.2) is 170 Å². The second-order valence-electron chi connectivity index (χ2n) is 34.2. The van der Waals surface area contributed by atoms with E-state index in [0.29, 0.717) is 24.6 Å². The summed E-state index contributed by atoms with van der Waals surface area (Å²) in [7, 11) is 0. The van der Waals surface area contributed by atoms with Crippen molar-refractivity contribution in [2.75, 3.05) is 31.6 Å². The van der Waals surface area contributed by atoms with Gasteiger partial charge in [-0.3, -0.25) is 14.4 Å². The Hall–Kier alpha value is -9.78. The number of aromatic nitrogens is 2. The third-order valence-corrected chi connectivity index (χ3v) is 21.9. The summed E-state index contributed by atoms with van der Waals surface area (Å²) in [5, 5.41) is 14.9. The van der Waals surface area contributed by atoms with E-state index < -0.39 is 70.1 Å². The lowest BCUT2D eigenvalue weighted by Gasteiger charge is -2.38. The summed E-state index contributed by atoms with van der Waals surface area (Å²) >= 11 is 15.0. The summed E-state index contributed by atoms with van der Waals surface area (Å²) in [6.45, 7) is 30.0. The van der Waals surface area contributed by atoms with E-state index >= 15 is 0 Å². The van der Waals surface area contributed by atoms with Gasteiger partial charge in [0, 0.05) is 67.6 Å². The van der Waals surface area contributed by atoms with E-state index in [9.17, 15) is 43.5 Å². The fourth-order valence-electron chi connectivity index (χ4n) is 15.3.